The molecule has 0 aliphatic rings. The van der Waals surface area contributed by atoms with E-state index in [-0.39, 0.29) is 24.5 Å². The van der Waals surface area contributed by atoms with E-state index in [9.17, 15) is 14.4 Å². The van der Waals surface area contributed by atoms with Crippen molar-refractivity contribution in [2.75, 3.05) is 7.11 Å². The number of Topliss-reactive ketones (excluding diaryl/α,β-unsaturated/α-hetero) is 1. The average molecular weight is 314 g/mol. The van der Waals surface area contributed by atoms with Gasteiger partial charge in [-0.05, 0) is 28.5 Å². The summed E-state index contributed by atoms with van der Waals surface area (Å²) in [6.45, 7) is 1.80. The van der Waals surface area contributed by atoms with Crippen LogP contribution in [0.5, 0.6) is 5.75 Å². The van der Waals surface area contributed by atoms with Gasteiger partial charge in [0, 0.05) is 12.3 Å². The van der Waals surface area contributed by atoms with Crippen molar-refractivity contribution in [2.45, 2.75) is 25.7 Å². The number of carboxylic acids is 1. The van der Waals surface area contributed by atoms with Crippen LogP contribution >= 0.6 is 0 Å². The molecule has 0 aliphatic carbocycles. The highest BCUT2D eigenvalue weighted by Crippen LogP contribution is 2.29. The van der Waals surface area contributed by atoms with Crippen molar-refractivity contribution in [2.24, 2.45) is 0 Å². The molecule has 0 radical (unpaired) electrons. The molecule has 0 heterocycles. The molecule has 1 N–H and O–H groups in total. The van der Waals surface area contributed by atoms with Gasteiger partial charge in [0.2, 0.25) is 0 Å². The van der Waals surface area contributed by atoms with Crippen molar-refractivity contribution in [1.82, 2.24) is 0 Å². The third-order valence-electron chi connectivity index (χ3n) is 3.78. The van der Waals surface area contributed by atoms with Gasteiger partial charge in [-0.2, -0.15) is 0 Å². The number of hydrogen-bond acceptors (Lipinski definition) is 4. The van der Waals surface area contributed by atoms with E-state index in [2.05, 4.69) is 0 Å². The summed E-state index contributed by atoms with van der Waals surface area (Å²) >= 11 is 0. The Morgan fingerprint density at radius 3 is 2.52 bits per heavy atom. The van der Waals surface area contributed by atoms with Crippen molar-refractivity contribution in [3.8, 4) is 5.75 Å². The summed E-state index contributed by atoms with van der Waals surface area (Å²) in [4.78, 5) is 33.8. The molecular weight excluding hydrogens is 296 g/mol. The van der Waals surface area contributed by atoms with E-state index in [0.717, 1.165) is 22.6 Å². The molecule has 0 amide bonds. The molecule has 23 heavy (non-hydrogen) atoms. The SMILES string of the molecule is COc1cc2ccc([C@@H](C)C=O)cc2cc1C(=O)CCC(=O)O. The van der Waals surface area contributed by atoms with Gasteiger partial charge in [0.25, 0.3) is 0 Å². The molecule has 0 saturated carbocycles. The molecule has 0 fully saturated rings. The molecular formula is C18H18O5. The first-order chi connectivity index (χ1) is 11.0. The summed E-state index contributed by atoms with van der Waals surface area (Å²) in [7, 11) is 1.47. The standard InChI is InChI=1S/C18H18O5/c1-11(10-19)12-3-4-13-9-17(23-2)15(8-14(13)7-12)16(20)5-6-18(21)22/h3-4,7-11H,5-6H2,1-2H3,(H,21,22)/t11-/m0/s1. The zero-order valence-corrected chi connectivity index (χ0v) is 13.0. The van der Waals surface area contributed by atoms with Gasteiger partial charge in [-0.1, -0.05) is 25.1 Å². The highest BCUT2D eigenvalue weighted by Gasteiger charge is 2.15. The molecule has 1 atom stereocenters. The van der Waals surface area contributed by atoms with Crippen LogP contribution in [0.4, 0.5) is 0 Å². The summed E-state index contributed by atoms with van der Waals surface area (Å²) in [6.07, 6.45) is 0.563. The number of methoxy groups -OCH3 is 1. The number of rotatable bonds is 7. The van der Waals surface area contributed by atoms with E-state index in [0.29, 0.717) is 11.3 Å². The Morgan fingerprint density at radius 2 is 1.91 bits per heavy atom. The van der Waals surface area contributed by atoms with Crippen molar-refractivity contribution >= 4 is 28.8 Å². The van der Waals surface area contributed by atoms with Crippen LogP contribution in [-0.2, 0) is 9.59 Å². The van der Waals surface area contributed by atoms with Crippen LogP contribution in [0.2, 0.25) is 0 Å². The third kappa shape index (κ3) is 3.74. The molecule has 2 rings (SSSR count). The van der Waals surface area contributed by atoms with Crippen LogP contribution in [0.25, 0.3) is 10.8 Å². The van der Waals surface area contributed by atoms with Gasteiger partial charge in [-0.25, -0.2) is 0 Å². The monoisotopic (exact) mass is 314 g/mol. The van der Waals surface area contributed by atoms with Gasteiger partial charge < -0.3 is 14.6 Å². The Morgan fingerprint density at radius 1 is 1.17 bits per heavy atom. The molecule has 0 aromatic heterocycles. The maximum Gasteiger partial charge on any atom is 0.303 e. The lowest BCUT2D eigenvalue weighted by Crippen LogP contribution is -2.06. The van der Waals surface area contributed by atoms with Gasteiger partial charge in [-0.3, -0.25) is 9.59 Å². The number of fused-ring (bicyclic) bond motifs is 1. The smallest absolute Gasteiger partial charge is 0.303 e. The second-order valence-corrected chi connectivity index (χ2v) is 5.40. The lowest BCUT2D eigenvalue weighted by Gasteiger charge is -2.11. The fourth-order valence-electron chi connectivity index (χ4n) is 2.40. The van der Waals surface area contributed by atoms with Crippen LogP contribution in [0.3, 0.4) is 0 Å². The minimum Gasteiger partial charge on any atom is -0.496 e. The van der Waals surface area contributed by atoms with E-state index in [4.69, 9.17) is 9.84 Å². The summed E-state index contributed by atoms with van der Waals surface area (Å²) in [5.74, 6) is -1.10. The zero-order chi connectivity index (χ0) is 17.0. The maximum absolute atomic E-state index is 12.2. The van der Waals surface area contributed by atoms with Gasteiger partial charge in [-0.15, -0.1) is 0 Å². The van der Waals surface area contributed by atoms with Crippen LogP contribution in [0.1, 0.15) is 41.6 Å². The van der Waals surface area contributed by atoms with E-state index < -0.39 is 5.97 Å². The predicted octanol–water partition coefficient (Wildman–Crippen LogP) is 3.20. The molecule has 2 aromatic rings. The number of aliphatic carboxylic acids is 1. The minimum atomic E-state index is -1.01. The molecule has 0 bridgehead atoms. The van der Waals surface area contributed by atoms with Gasteiger partial charge in [0.15, 0.2) is 5.78 Å². The molecule has 0 saturated heterocycles. The zero-order valence-electron chi connectivity index (χ0n) is 13.0. The van der Waals surface area contributed by atoms with Gasteiger partial charge >= 0.3 is 5.97 Å². The molecule has 0 aliphatic heterocycles. The van der Waals surface area contributed by atoms with Crippen LogP contribution in [0.15, 0.2) is 30.3 Å². The lowest BCUT2D eigenvalue weighted by molar-refractivity contribution is -0.136. The number of carbonyl (C=O) groups is 3. The van der Waals surface area contributed by atoms with E-state index in [1.807, 2.05) is 18.2 Å². The Kier molecular flexibility index (Phi) is 5.11. The highest BCUT2D eigenvalue weighted by atomic mass is 16.5. The molecule has 0 spiro atoms. The molecule has 0 unspecified atom stereocenters. The summed E-state index contributed by atoms with van der Waals surface area (Å²) in [5, 5.41) is 10.4. The van der Waals surface area contributed by atoms with E-state index >= 15 is 0 Å². The minimum absolute atomic E-state index is 0.0817. The first kappa shape index (κ1) is 16.7. The van der Waals surface area contributed by atoms with Gasteiger partial charge in [0.05, 0.1) is 19.1 Å². The highest BCUT2D eigenvalue weighted by molar-refractivity contribution is 6.03. The number of ketones is 1. The second kappa shape index (κ2) is 7.05. The van der Waals surface area contributed by atoms with Crippen molar-refractivity contribution in [1.29, 1.82) is 0 Å². The molecule has 2 aromatic carbocycles. The lowest BCUT2D eigenvalue weighted by atomic mass is 9.96. The number of carbonyl (C=O) groups excluding carboxylic acids is 2. The van der Waals surface area contributed by atoms with Gasteiger partial charge in [0.1, 0.15) is 12.0 Å². The van der Waals surface area contributed by atoms with E-state index in [1.165, 1.54) is 7.11 Å². The molecule has 5 nitrogen and oxygen atoms in total. The van der Waals surface area contributed by atoms with Crippen molar-refractivity contribution < 1.29 is 24.2 Å². The fourth-order valence-corrected chi connectivity index (χ4v) is 2.40. The first-order valence-electron chi connectivity index (χ1n) is 7.28. The van der Waals surface area contributed by atoms with Crippen LogP contribution in [-0.4, -0.2) is 30.3 Å². The number of hydrogen-bond donors (Lipinski definition) is 1. The predicted molar refractivity (Wildman–Crippen MR) is 86.2 cm³/mol. The number of benzene rings is 2. The first-order valence-corrected chi connectivity index (χ1v) is 7.28. The summed E-state index contributed by atoms with van der Waals surface area (Å²) < 4.78 is 5.26. The normalized spacial score (nSPS) is 11.9. The molecule has 120 valence electrons. The van der Waals surface area contributed by atoms with Crippen LogP contribution in [0, 0.1) is 0 Å². The Balaban J connectivity index is 2.47. The second-order valence-electron chi connectivity index (χ2n) is 5.40. The Labute approximate surface area is 133 Å². The van der Waals surface area contributed by atoms with E-state index in [1.54, 1.807) is 19.1 Å². The Hall–Kier alpha value is -2.69. The maximum atomic E-state index is 12.2. The largest absolute Gasteiger partial charge is 0.496 e. The topological polar surface area (TPSA) is 80.7 Å². The third-order valence-corrected chi connectivity index (χ3v) is 3.78. The fraction of sp³-hybridized carbons (Fsp3) is 0.278. The van der Waals surface area contributed by atoms with Crippen LogP contribution < -0.4 is 4.74 Å². The summed E-state index contributed by atoms with van der Waals surface area (Å²) in [6, 6.07) is 9.05. The molecule has 5 heteroatoms. The van der Waals surface area contributed by atoms with Crippen molar-refractivity contribution in [3.63, 3.8) is 0 Å². The summed E-state index contributed by atoms with van der Waals surface area (Å²) in [5.41, 5.74) is 1.22. The number of ether oxygens (including phenoxy) is 1. The van der Waals surface area contributed by atoms with Crippen molar-refractivity contribution in [3.05, 3.63) is 41.5 Å². The number of aldehydes is 1. The Bertz CT molecular complexity index is 763. The average Bonchev–Trinajstić information content (AvgIpc) is 2.56. The quantitative estimate of drug-likeness (QED) is 0.627. The number of carboxylic acid groups (broad SMARTS) is 1.